The van der Waals surface area contributed by atoms with Gasteiger partial charge in [0.15, 0.2) is 0 Å². The minimum Gasteiger partial charge on any atom is -0.491 e. The minimum absolute atomic E-state index is 0.0341. The van der Waals surface area contributed by atoms with Crippen LogP contribution in [0.4, 0.5) is 16.2 Å². The fourth-order valence-electron chi connectivity index (χ4n) is 4.75. The van der Waals surface area contributed by atoms with Crippen molar-refractivity contribution >= 4 is 44.9 Å². The predicted molar refractivity (Wildman–Crippen MR) is 146 cm³/mol. The van der Waals surface area contributed by atoms with Crippen LogP contribution < -0.4 is 26.0 Å². The van der Waals surface area contributed by atoms with Crippen molar-refractivity contribution in [1.29, 1.82) is 0 Å². The van der Waals surface area contributed by atoms with Gasteiger partial charge in [-0.3, -0.25) is 4.79 Å². The van der Waals surface area contributed by atoms with E-state index in [9.17, 15) is 9.59 Å². The number of ether oxygens (including phenoxy) is 2. The van der Waals surface area contributed by atoms with Crippen molar-refractivity contribution in [1.82, 2.24) is 15.6 Å². The molecule has 2 aromatic heterocycles. The number of alkyl carbamates (subject to hydrolysis) is 1. The van der Waals surface area contributed by atoms with Crippen molar-refractivity contribution in [2.24, 2.45) is 0 Å². The van der Waals surface area contributed by atoms with Crippen molar-refractivity contribution < 1.29 is 19.1 Å². The van der Waals surface area contributed by atoms with E-state index in [2.05, 4.69) is 32.7 Å². The van der Waals surface area contributed by atoms with Crippen molar-refractivity contribution in [2.45, 2.75) is 58.2 Å². The smallest absolute Gasteiger partial charge is 0.407 e. The van der Waals surface area contributed by atoms with Crippen molar-refractivity contribution in [2.75, 3.05) is 30.3 Å². The molecule has 2 aliphatic rings. The number of pyridine rings is 1. The molecule has 9 nitrogen and oxygen atoms in total. The third-order valence-corrected chi connectivity index (χ3v) is 7.62. The normalized spacial score (nSPS) is 19.3. The lowest BCUT2D eigenvalue weighted by molar-refractivity contribution is 0.0508. The Balaban J connectivity index is 1.19. The molecule has 1 fully saturated rings. The molecular formula is C27H33N5O4S. The fourth-order valence-corrected chi connectivity index (χ4v) is 5.79. The van der Waals surface area contributed by atoms with Gasteiger partial charge in [-0.15, -0.1) is 11.3 Å². The molecule has 2 amide bonds. The molecule has 4 N–H and O–H groups in total. The van der Waals surface area contributed by atoms with Crippen LogP contribution in [0.3, 0.4) is 0 Å². The summed E-state index contributed by atoms with van der Waals surface area (Å²) in [6.45, 7) is 9.41. The van der Waals surface area contributed by atoms with Crippen LogP contribution in [-0.2, 0) is 11.2 Å². The third kappa shape index (κ3) is 5.58. The highest BCUT2D eigenvalue weighted by Gasteiger charge is 2.29. The average Bonchev–Trinajstić information content (AvgIpc) is 3.41. The number of thiophene rings is 1. The molecule has 0 spiro atoms. The van der Waals surface area contributed by atoms with Gasteiger partial charge in [0.2, 0.25) is 0 Å². The summed E-state index contributed by atoms with van der Waals surface area (Å²) in [4.78, 5) is 33.1. The lowest BCUT2D eigenvalue weighted by Gasteiger charge is -2.28. The summed E-state index contributed by atoms with van der Waals surface area (Å²) in [6, 6.07) is 9.85. The number of amides is 2. The molecule has 0 saturated carbocycles. The fraction of sp³-hybridized carbons (Fsp3) is 0.444. The van der Waals surface area contributed by atoms with Crippen LogP contribution in [0.1, 0.15) is 48.1 Å². The number of nitrogens with one attached hydrogen (secondary N) is 2. The van der Waals surface area contributed by atoms with Crippen molar-refractivity contribution in [3.63, 3.8) is 0 Å². The Morgan fingerprint density at radius 2 is 2.00 bits per heavy atom. The molecule has 196 valence electrons. The van der Waals surface area contributed by atoms with E-state index >= 15 is 0 Å². The maximum absolute atomic E-state index is 13.0. The number of carbonyl (C=O) groups excluding carboxylic acids is 2. The summed E-state index contributed by atoms with van der Waals surface area (Å²) in [5.74, 6) is 0.625. The van der Waals surface area contributed by atoms with Gasteiger partial charge in [-0.2, -0.15) is 0 Å². The first-order valence-electron chi connectivity index (χ1n) is 12.5. The number of nitrogens with zero attached hydrogens (tertiary/aromatic N) is 2. The Bertz CT molecular complexity index is 1350. The monoisotopic (exact) mass is 523 g/mol. The average molecular weight is 524 g/mol. The quantitative estimate of drug-likeness (QED) is 0.473. The molecule has 0 bridgehead atoms. The van der Waals surface area contributed by atoms with Gasteiger partial charge in [-0.25, -0.2) is 9.78 Å². The van der Waals surface area contributed by atoms with Gasteiger partial charge < -0.3 is 30.7 Å². The van der Waals surface area contributed by atoms with Crippen LogP contribution in [0.15, 0.2) is 30.3 Å². The maximum Gasteiger partial charge on any atom is 0.407 e. The Morgan fingerprint density at radius 3 is 2.78 bits per heavy atom. The van der Waals surface area contributed by atoms with Crippen LogP contribution in [0, 0.1) is 6.92 Å². The molecule has 1 aromatic carbocycles. The topological polar surface area (TPSA) is 119 Å². The number of hydrogen-bond donors (Lipinski definition) is 3. The molecular weight excluding hydrogens is 490 g/mol. The van der Waals surface area contributed by atoms with Gasteiger partial charge in [-0.1, -0.05) is 6.07 Å². The number of benzene rings is 1. The molecule has 5 rings (SSSR count). The zero-order valence-corrected chi connectivity index (χ0v) is 22.4. The highest BCUT2D eigenvalue weighted by Crippen LogP contribution is 2.34. The van der Waals surface area contributed by atoms with Crippen LogP contribution in [0.5, 0.6) is 5.75 Å². The molecule has 37 heavy (non-hydrogen) atoms. The number of nitrogen functional groups attached to an aromatic ring is 1. The summed E-state index contributed by atoms with van der Waals surface area (Å²) in [5.41, 5.74) is 9.19. The Hall–Kier alpha value is -3.53. The number of anilines is 2. The van der Waals surface area contributed by atoms with Crippen LogP contribution in [-0.4, -0.2) is 54.4 Å². The molecule has 1 saturated heterocycles. The summed E-state index contributed by atoms with van der Waals surface area (Å²) in [6.07, 6.45) is 1.14. The van der Waals surface area contributed by atoms with E-state index < -0.39 is 5.60 Å². The molecule has 2 aliphatic heterocycles. The Labute approximate surface area is 220 Å². The third-order valence-electron chi connectivity index (χ3n) is 6.51. The number of fused-ring (bicyclic) bond motifs is 2. The highest BCUT2D eigenvalue weighted by molar-refractivity contribution is 7.21. The van der Waals surface area contributed by atoms with E-state index in [1.54, 1.807) is 0 Å². The second-order valence-corrected chi connectivity index (χ2v) is 11.7. The van der Waals surface area contributed by atoms with Gasteiger partial charge in [0, 0.05) is 35.9 Å². The van der Waals surface area contributed by atoms with Gasteiger partial charge >= 0.3 is 6.09 Å². The van der Waals surface area contributed by atoms with E-state index in [1.165, 1.54) is 11.3 Å². The van der Waals surface area contributed by atoms with E-state index in [0.29, 0.717) is 30.1 Å². The molecule has 4 heterocycles. The molecule has 2 atom stereocenters. The van der Waals surface area contributed by atoms with Crippen LogP contribution >= 0.6 is 11.3 Å². The molecule has 0 radical (unpaired) electrons. The lowest BCUT2D eigenvalue weighted by atomic mass is 10.0. The van der Waals surface area contributed by atoms with Crippen LogP contribution in [0.2, 0.25) is 0 Å². The second kappa shape index (κ2) is 9.74. The largest absolute Gasteiger partial charge is 0.491 e. The van der Waals surface area contributed by atoms with Crippen molar-refractivity contribution in [3.8, 4) is 5.75 Å². The first kappa shape index (κ1) is 25.1. The Kier molecular flexibility index (Phi) is 6.61. The van der Waals surface area contributed by atoms with Gasteiger partial charge in [0.25, 0.3) is 5.91 Å². The standard InChI is InChI=1S/C27H33N5O4S/c1-15-5-8-20-22(28)23(37-25(20)29-15)24(33)30-18-11-16-6-7-19(12-21(16)35-14-18)32-10-9-17(13-32)31-26(34)36-27(2,3)4/h5-8,12,17-18H,9-11,13-14,28H2,1-4H3,(H,30,33)(H,31,34)/t17-,18-/m1/s1. The van der Waals surface area contributed by atoms with Crippen molar-refractivity contribution in [3.05, 3.63) is 46.5 Å². The molecule has 3 aromatic rings. The summed E-state index contributed by atoms with van der Waals surface area (Å²) >= 11 is 1.31. The van der Waals surface area contributed by atoms with Gasteiger partial charge in [0.1, 0.15) is 27.7 Å². The number of nitrogens with two attached hydrogens (primary N) is 1. The first-order chi connectivity index (χ1) is 17.6. The Morgan fingerprint density at radius 1 is 1.19 bits per heavy atom. The summed E-state index contributed by atoms with van der Waals surface area (Å²) < 4.78 is 11.4. The maximum atomic E-state index is 13.0. The summed E-state index contributed by atoms with van der Waals surface area (Å²) in [5, 5.41) is 6.85. The van der Waals surface area contributed by atoms with Gasteiger partial charge in [0.05, 0.1) is 17.8 Å². The van der Waals surface area contributed by atoms with E-state index in [4.69, 9.17) is 15.2 Å². The van der Waals surface area contributed by atoms with Crippen LogP contribution in [0.25, 0.3) is 10.2 Å². The number of hydrogen-bond acceptors (Lipinski definition) is 8. The van der Waals surface area contributed by atoms with E-state index in [0.717, 1.165) is 45.9 Å². The van der Waals surface area contributed by atoms with Gasteiger partial charge in [-0.05, 0) is 64.3 Å². The summed E-state index contributed by atoms with van der Waals surface area (Å²) in [7, 11) is 0. The zero-order chi connectivity index (χ0) is 26.3. The number of aromatic nitrogens is 1. The van der Waals surface area contributed by atoms with E-state index in [-0.39, 0.29) is 24.1 Å². The predicted octanol–water partition coefficient (Wildman–Crippen LogP) is 4.02. The second-order valence-electron chi connectivity index (χ2n) is 10.7. The zero-order valence-electron chi connectivity index (χ0n) is 21.6. The van der Waals surface area contributed by atoms with E-state index in [1.807, 2.05) is 45.9 Å². The number of carbonyl (C=O) groups is 2. The first-order valence-corrected chi connectivity index (χ1v) is 13.3. The lowest BCUT2D eigenvalue weighted by Crippen LogP contribution is -2.42. The highest BCUT2D eigenvalue weighted by atomic mass is 32.1. The number of rotatable bonds is 4. The SMILES string of the molecule is Cc1ccc2c(N)c(C(=O)N[C@H]3COc4cc(N5CC[C@@H](NC(=O)OC(C)(C)C)C5)ccc4C3)sc2n1. The minimum atomic E-state index is -0.518. The number of aryl methyl sites for hydroxylation is 1. The molecule has 0 unspecified atom stereocenters. The molecule has 0 aliphatic carbocycles. The molecule has 10 heteroatoms.